The van der Waals surface area contributed by atoms with E-state index in [-0.39, 0.29) is 23.1 Å². The number of carbonyl (C=O) groups excluding carboxylic acids is 1. The zero-order valence-electron chi connectivity index (χ0n) is 11.7. The molecule has 0 bridgehead atoms. The number of rotatable bonds is 4. The first-order chi connectivity index (χ1) is 10.3. The summed E-state index contributed by atoms with van der Waals surface area (Å²) in [6.07, 6.45) is 0.0487. The van der Waals surface area contributed by atoms with Gasteiger partial charge in [0.05, 0.1) is 4.91 Å². The molecule has 1 unspecified atom stereocenters. The van der Waals surface area contributed by atoms with Crippen LogP contribution >= 0.6 is 11.8 Å². The Morgan fingerprint density at radius 2 is 2.32 bits per heavy atom. The van der Waals surface area contributed by atoms with Gasteiger partial charge in [0.15, 0.2) is 0 Å². The van der Waals surface area contributed by atoms with Crippen LogP contribution in [0.25, 0.3) is 0 Å². The zero-order chi connectivity index (χ0) is 16.4. The summed E-state index contributed by atoms with van der Waals surface area (Å²) in [5, 5.41) is 19.1. The molecule has 120 valence electrons. The Morgan fingerprint density at radius 1 is 1.64 bits per heavy atom. The number of nitrogens with zero attached hydrogens (tertiary/aromatic N) is 2. The molecule has 9 nitrogen and oxygen atoms in total. The largest absolute Gasteiger partial charge is 0.508 e. The van der Waals surface area contributed by atoms with Crippen molar-refractivity contribution in [3.63, 3.8) is 0 Å². The minimum absolute atomic E-state index is 0.0574. The van der Waals surface area contributed by atoms with Gasteiger partial charge in [-0.05, 0) is 13.0 Å². The Labute approximate surface area is 129 Å². The van der Waals surface area contributed by atoms with Gasteiger partial charge in [0.1, 0.15) is 35.7 Å². The highest BCUT2D eigenvalue weighted by Gasteiger charge is 2.37. The smallest absolute Gasteiger partial charge is 0.350 e. The van der Waals surface area contributed by atoms with Crippen LogP contribution in [0.3, 0.4) is 0 Å². The standard InChI is InChI=1S/C12H16N4O5S/c1-5(13)11(19)21-4-6-8(17)9(18)10(22-6)16-3-2-7(14)15-12(16)20/h2-3,5,9-10,17-18H,4,13H2,1H3,(H2,14,15,20)/t5-,9?,10+/m0/s1. The van der Waals surface area contributed by atoms with E-state index in [2.05, 4.69) is 4.98 Å². The van der Waals surface area contributed by atoms with Gasteiger partial charge in [0.2, 0.25) is 0 Å². The maximum Gasteiger partial charge on any atom is 0.350 e. The number of hydrogen-bond acceptors (Lipinski definition) is 9. The lowest BCUT2D eigenvalue weighted by molar-refractivity contribution is -0.143. The highest BCUT2D eigenvalue weighted by Crippen LogP contribution is 2.43. The van der Waals surface area contributed by atoms with Crippen LogP contribution < -0.4 is 17.2 Å². The molecule has 1 aromatic rings. The molecule has 0 saturated carbocycles. The number of nitrogens with two attached hydrogens (primary N) is 2. The van der Waals surface area contributed by atoms with Crippen molar-refractivity contribution in [1.29, 1.82) is 0 Å². The number of aliphatic hydroxyl groups excluding tert-OH is 2. The molecule has 10 heteroatoms. The van der Waals surface area contributed by atoms with Gasteiger partial charge >= 0.3 is 11.7 Å². The van der Waals surface area contributed by atoms with Gasteiger partial charge in [-0.15, -0.1) is 0 Å². The van der Waals surface area contributed by atoms with Crippen molar-refractivity contribution in [2.75, 3.05) is 12.3 Å². The highest BCUT2D eigenvalue weighted by molar-refractivity contribution is 8.03. The Hall–Kier alpha value is -2.04. The van der Waals surface area contributed by atoms with Crippen molar-refractivity contribution in [3.05, 3.63) is 33.4 Å². The summed E-state index contributed by atoms with van der Waals surface area (Å²) in [7, 11) is 0. The van der Waals surface area contributed by atoms with Crippen LogP contribution in [0.2, 0.25) is 0 Å². The molecule has 0 fully saturated rings. The Kier molecular flexibility index (Phi) is 4.74. The fraction of sp³-hybridized carbons (Fsp3) is 0.417. The molecule has 0 radical (unpaired) electrons. The first kappa shape index (κ1) is 16.3. The average molecular weight is 328 g/mol. The van der Waals surface area contributed by atoms with E-state index in [0.717, 1.165) is 16.3 Å². The van der Waals surface area contributed by atoms with Crippen LogP contribution in [-0.2, 0) is 9.53 Å². The van der Waals surface area contributed by atoms with E-state index < -0.39 is 29.2 Å². The summed E-state index contributed by atoms with van der Waals surface area (Å²) in [4.78, 5) is 26.9. The van der Waals surface area contributed by atoms with Crippen molar-refractivity contribution < 1.29 is 19.7 Å². The second kappa shape index (κ2) is 6.38. The monoisotopic (exact) mass is 328 g/mol. The Balaban J connectivity index is 2.14. The number of hydrogen-bond donors (Lipinski definition) is 4. The van der Waals surface area contributed by atoms with E-state index >= 15 is 0 Å². The van der Waals surface area contributed by atoms with Gasteiger partial charge in [0.25, 0.3) is 0 Å². The number of aliphatic hydroxyl groups is 2. The summed E-state index contributed by atoms with van der Waals surface area (Å²) < 4.78 is 6.04. The van der Waals surface area contributed by atoms with Gasteiger partial charge in [-0.3, -0.25) is 9.36 Å². The highest BCUT2D eigenvalue weighted by atomic mass is 32.2. The lowest BCUT2D eigenvalue weighted by Crippen LogP contribution is -2.30. The van der Waals surface area contributed by atoms with E-state index in [9.17, 15) is 19.8 Å². The maximum absolute atomic E-state index is 11.8. The lowest BCUT2D eigenvalue weighted by atomic mass is 10.2. The lowest BCUT2D eigenvalue weighted by Gasteiger charge is -2.16. The molecule has 22 heavy (non-hydrogen) atoms. The van der Waals surface area contributed by atoms with Crippen LogP contribution in [0.15, 0.2) is 27.7 Å². The number of thioether (sulfide) groups is 1. The van der Waals surface area contributed by atoms with Crippen LogP contribution in [0.4, 0.5) is 5.82 Å². The third-order valence-electron chi connectivity index (χ3n) is 2.94. The molecule has 1 aromatic heterocycles. The fourth-order valence-corrected chi connectivity index (χ4v) is 2.97. The SMILES string of the molecule is C[C@H](N)C(=O)OCC1=C(O)C(O)[C@H](n2ccc(N)nc2=O)S1. The number of nitrogen functional groups attached to an aromatic ring is 1. The molecule has 1 aliphatic rings. The summed E-state index contributed by atoms with van der Waals surface area (Å²) in [6.45, 7) is 1.23. The second-order valence-corrected chi connectivity index (χ2v) is 5.91. The van der Waals surface area contributed by atoms with E-state index in [1.54, 1.807) is 0 Å². The molecule has 0 aliphatic carbocycles. The molecule has 0 aromatic carbocycles. The first-order valence-electron chi connectivity index (χ1n) is 6.35. The molecule has 2 rings (SSSR count). The summed E-state index contributed by atoms with van der Waals surface area (Å²) >= 11 is 0.997. The quantitative estimate of drug-likeness (QED) is 0.514. The molecular weight excluding hydrogens is 312 g/mol. The molecule has 0 amide bonds. The third-order valence-corrected chi connectivity index (χ3v) is 4.28. The van der Waals surface area contributed by atoms with E-state index in [4.69, 9.17) is 16.2 Å². The number of ether oxygens (including phenoxy) is 1. The molecule has 2 heterocycles. The van der Waals surface area contributed by atoms with E-state index in [0.29, 0.717) is 0 Å². The minimum atomic E-state index is -1.32. The molecule has 1 aliphatic heterocycles. The van der Waals surface area contributed by atoms with Crippen LogP contribution in [0.1, 0.15) is 12.3 Å². The molecule has 0 saturated heterocycles. The summed E-state index contributed by atoms with van der Waals surface area (Å²) in [5.74, 6) is -0.927. The van der Waals surface area contributed by atoms with Crippen LogP contribution in [0.5, 0.6) is 0 Å². The van der Waals surface area contributed by atoms with Crippen molar-refractivity contribution in [3.8, 4) is 0 Å². The predicted molar refractivity (Wildman–Crippen MR) is 79.8 cm³/mol. The van der Waals surface area contributed by atoms with Crippen molar-refractivity contribution in [2.24, 2.45) is 5.73 Å². The van der Waals surface area contributed by atoms with Gasteiger partial charge in [0, 0.05) is 6.20 Å². The number of aromatic nitrogens is 2. The number of anilines is 1. The maximum atomic E-state index is 11.8. The van der Waals surface area contributed by atoms with E-state index in [1.807, 2.05) is 0 Å². The zero-order valence-corrected chi connectivity index (χ0v) is 12.5. The van der Waals surface area contributed by atoms with Crippen molar-refractivity contribution in [1.82, 2.24) is 9.55 Å². The van der Waals surface area contributed by atoms with E-state index in [1.165, 1.54) is 19.2 Å². The van der Waals surface area contributed by atoms with Gasteiger partial charge < -0.3 is 26.4 Å². The van der Waals surface area contributed by atoms with Crippen molar-refractivity contribution >= 4 is 23.5 Å². The average Bonchev–Trinajstić information content (AvgIpc) is 2.73. The van der Waals surface area contributed by atoms with Crippen molar-refractivity contribution in [2.45, 2.75) is 24.4 Å². The van der Waals surface area contributed by atoms with Gasteiger partial charge in [-0.1, -0.05) is 11.8 Å². The number of carbonyl (C=O) groups is 1. The summed E-state index contributed by atoms with van der Waals surface area (Å²) in [5.41, 5.74) is 10.1. The van der Waals surface area contributed by atoms with Crippen LogP contribution in [-0.4, -0.2) is 44.5 Å². The molecule has 6 N–H and O–H groups in total. The minimum Gasteiger partial charge on any atom is -0.508 e. The normalized spacial score (nSPS) is 22.7. The fourth-order valence-electron chi connectivity index (χ4n) is 1.78. The third kappa shape index (κ3) is 3.24. The topological polar surface area (TPSA) is 154 Å². The molecule has 0 spiro atoms. The second-order valence-electron chi connectivity index (χ2n) is 4.70. The number of esters is 1. The Bertz CT molecular complexity index is 672. The predicted octanol–water partition coefficient (Wildman–Crippen LogP) is -0.908. The first-order valence-corrected chi connectivity index (χ1v) is 7.23. The Morgan fingerprint density at radius 3 is 2.91 bits per heavy atom. The van der Waals surface area contributed by atoms with Gasteiger partial charge in [-0.2, -0.15) is 4.98 Å². The van der Waals surface area contributed by atoms with Gasteiger partial charge in [-0.25, -0.2) is 4.79 Å². The van der Waals surface area contributed by atoms with Crippen LogP contribution in [0, 0.1) is 0 Å². The molecular formula is C12H16N4O5S. The summed E-state index contributed by atoms with van der Waals surface area (Å²) in [6, 6.07) is 0.610. The molecule has 3 atom stereocenters.